The lowest BCUT2D eigenvalue weighted by atomic mass is 9.97. The summed E-state index contributed by atoms with van der Waals surface area (Å²) in [5.41, 5.74) is 1.50. The maximum Gasteiger partial charge on any atom is 0.276 e. The van der Waals surface area contributed by atoms with Crippen LogP contribution in [-0.4, -0.2) is 49.0 Å². The number of hydrogen-bond acceptors (Lipinski definition) is 6. The van der Waals surface area contributed by atoms with Gasteiger partial charge in [-0.25, -0.2) is 8.42 Å². The van der Waals surface area contributed by atoms with E-state index in [2.05, 4.69) is 15.5 Å². The Balaban J connectivity index is 1.34. The zero-order valence-electron chi connectivity index (χ0n) is 17.1. The van der Waals surface area contributed by atoms with Gasteiger partial charge in [0.15, 0.2) is 5.76 Å². The van der Waals surface area contributed by atoms with Crippen LogP contribution in [0.1, 0.15) is 18.4 Å². The first-order valence-electron chi connectivity index (χ1n) is 9.98. The number of methoxy groups -OCH3 is 1. The highest BCUT2D eigenvalue weighted by Crippen LogP contribution is 2.28. The van der Waals surface area contributed by atoms with E-state index in [1.165, 1.54) is 10.4 Å². The minimum absolute atomic E-state index is 0.0810. The molecule has 2 aromatic heterocycles. The molecule has 10 heteroatoms. The Morgan fingerprint density at radius 1 is 1.23 bits per heavy atom. The quantitative estimate of drug-likeness (QED) is 0.578. The molecule has 2 N–H and O–H groups in total. The van der Waals surface area contributed by atoms with Gasteiger partial charge < -0.3 is 14.5 Å². The number of aromatic amines is 1. The van der Waals surface area contributed by atoms with Crippen molar-refractivity contribution in [3.8, 4) is 17.2 Å². The van der Waals surface area contributed by atoms with E-state index in [0.29, 0.717) is 30.8 Å². The fourth-order valence-electron chi connectivity index (χ4n) is 3.66. The van der Waals surface area contributed by atoms with Crippen LogP contribution in [0.4, 0.5) is 0 Å². The molecular formula is C21H24N4O5S. The number of nitrogens with zero attached hydrogens (tertiary/aromatic N) is 2. The molecule has 1 aliphatic rings. The van der Waals surface area contributed by atoms with E-state index in [1.807, 2.05) is 24.3 Å². The van der Waals surface area contributed by atoms with E-state index in [-0.39, 0.29) is 30.0 Å². The summed E-state index contributed by atoms with van der Waals surface area (Å²) in [7, 11) is -2.17. The summed E-state index contributed by atoms with van der Waals surface area (Å²) in [5, 5.41) is 9.40. The van der Waals surface area contributed by atoms with E-state index < -0.39 is 10.0 Å². The number of hydrogen-bond donors (Lipinski definition) is 2. The van der Waals surface area contributed by atoms with Crippen molar-refractivity contribution >= 4 is 15.9 Å². The molecule has 0 atom stereocenters. The van der Waals surface area contributed by atoms with Gasteiger partial charge in [0, 0.05) is 37.3 Å². The zero-order chi connectivity index (χ0) is 21.8. The van der Waals surface area contributed by atoms with Crippen molar-refractivity contribution in [3.05, 3.63) is 54.2 Å². The largest absolute Gasteiger partial charge is 0.496 e. The first-order chi connectivity index (χ1) is 15.0. The van der Waals surface area contributed by atoms with Crippen LogP contribution >= 0.6 is 0 Å². The van der Waals surface area contributed by atoms with Crippen molar-refractivity contribution in [1.29, 1.82) is 0 Å². The average molecular weight is 445 g/mol. The second-order valence-corrected chi connectivity index (χ2v) is 9.17. The molecule has 1 amide bonds. The van der Waals surface area contributed by atoms with Gasteiger partial charge in [-0.05, 0) is 37.1 Å². The monoisotopic (exact) mass is 444 g/mol. The molecule has 0 bridgehead atoms. The first-order valence-corrected chi connectivity index (χ1v) is 11.4. The summed E-state index contributed by atoms with van der Waals surface area (Å²) in [6, 6.07) is 12.2. The predicted molar refractivity (Wildman–Crippen MR) is 113 cm³/mol. The summed E-state index contributed by atoms with van der Waals surface area (Å²) < 4.78 is 38.0. The fraction of sp³-hybridized carbons (Fsp3) is 0.333. The van der Waals surface area contributed by atoms with E-state index in [4.69, 9.17) is 9.15 Å². The number of nitrogens with one attached hydrogen (secondary N) is 2. The molecule has 0 radical (unpaired) electrons. The van der Waals surface area contributed by atoms with Crippen molar-refractivity contribution in [2.24, 2.45) is 5.92 Å². The Morgan fingerprint density at radius 3 is 2.71 bits per heavy atom. The SMILES string of the molecule is COc1ccccc1CNC(=O)C1CCN(S(=O)(=O)c2ccc(-c3ccn[nH]3)o2)CC1. The van der Waals surface area contributed by atoms with Crippen LogP contribution in [0, 0.1) is 5.92 Å². The van der Waals surface area contributed by atoms with Crippen molar-refractivity contribution in [3.63, 3.8) is 0 Å². The van der Waals surface area contributed by atoms with Crippen LogP contribution in [0.5, 0.6) is 5.75 Å². The third kappa shape index (κ3) is 4.49. The summed E-state index contributed by atoms with van der Waals surface area (Å²) >= 11 is 0. The van der Waals surface area contributed by atoms with Crippen LogP contribution in [0.2, 0.25) is 0 Å². The molecule has 31 heavy (non-hydrogen) atoms. The number of carbonyl (C=O) groups excluding carboxylic acids is 1. The molecule has 0 saturated carbocycles. The third-order valence-electron chi connectivity index (χ3n) is 5.41. The summed E-state index contributed by atoms with van der Waals surface area (Å²) in [6.45, 7) is 0.883. The smallest absolute Gasteiger partial charge is 0.276 e. The molecule has 3 heterocycles. The molecule has 1 saturated heterocycles. The van der Waals surface area contributed by atoms with Crippen LogP contribution < -0.4 is 10.1 Å². The van der Waals surface area contributed by atoms with E-state index in [1.54, 1.807) is 25.4 Å². The normalized spacial score (nSPS) is 15.6. The molecule has 1 aromatic carbocycles. The molecular weight excluding hydrogens is 420 g/mol. The Morgan fingerprint density at radius 2 is 2.00 bits per heavy atom. The van der Waals surface area contributed by atoms with Gasteiger partial charge in [-0.1, -0.05) is 18.2 Å². The second kappa shape index (κ2) is 8.94. The van der Waals surface area contributed by atoms with Crippen LogP contribution in [-0.2, 0) is 21.4 Å². The Kier molecular flexibility index (Phi) is 6.10. The number of aromatic nitrogens is 2. The highest BCUT2D eigenvalue weighted by Gasteiger charge is 2.34. The molecule has 0 unspecified atom stereocenters. The Hall–Kier alpha value is -3.11. The number of amides is 1. The number of ether oxygens (including phenoxy) is 1. The van der Waals surface area contributed by atoms with Gasteiger partial charge in [0.05, 0.1) is 7.11 Å². The van der Waals surface area contributed by atoms with Gasteiger partial charge >= 0.3 is 0 Å². The summed E-state index contributed by atoms with van der Waals surface area (Å²) in [4.78, 5) is 12.6. The van der Waals surface area contributed by atoms with Crippen molar-refractivity contribution in [1.82, 2.24) is 19.8 Å². The molecule has 1 aliphatic heterocycles. The topological polar surface area (TPSA) is 118 Å². The second-order valence-electron chi connectivity index (χ2n) is 7.30. The molecule has 4 rings (SSSR count). The van der Waals surface area contributed by atoms with Gasteiger partial charge in [0.1, 0.15) is 11.4 Å². The average Bonchev–Trinajstić information content (AvgIpc) is 3.50. The van der Waals surface area contributed by atoms with Gasteiger partial charge in [-0.2, -0.15) is 9.40 Å². The lowest BCUT2D eigenvalue weighted by Crippen LogP contribution is -2.42. The molecule has 3 aromatic rings. The number of piperidine rings is 1. The molecule has 0 spiro atoms. The highest BCUT2D eigenvalue weighted by atomic mass is 32.2. The lowest BCUT2D eigenvalue weighted by molar-refractivity contribution is -0.126. The van der Waals surface area contributed by atoms with Gasteiger partial charge in [0.2, 0.25) is 11.0 Å². The number of sulfonamides is 1. The van der Waals surface area contributed by atoms with Gasteiger partial charge in [-0.15, -0.1) is 0 Å². The van der Waals surface area contributed by atoms with E-state index in [0.717, 1.165) is 11.3 Å². The van der Waals surface area contributed by atoms with Gasteiger partial charge in [0.25, 0.3) is 10.0 Å². The maximum absolute atomic E-state index is 12.9. The minimum Gasteiger partial charge on any atom is -0.496 e. The molecule has 0 aliphatic carbocycles. The first kappa shape index (κ1) is 21.1. The third-order valence-corrected chi connectivity index (χ3v) is 7.18. The Labute approximate surface area is 180 Å². The lowest BCUT2D eigenvalue weighted by Gasteiger charge is -2.29. The standard InChI is InChI=1S/C21H24N4O5S/c1-29-18-5-3-2-4-16(18)14-22-21(26)15-9-12-25(13-10-15)31(27,28)20-7-6-19(30-20)17-8-11-23-24-17/h2-8,11,15H,9-10,12-14H2,1H3,(H,22,26)(H,23,24). The van der Waals surface area contributed by atoms with Crippen LogP contribution in [0.25, 0.3) is 11.5 Å². The maximum atomic E-state index is 12.9. The summed E-state index contributed by atoms with van der Waals surface area (Å²) in [6.07, 6.45) is 2.46. The molecule has 9 nitrogen and oxygen atoms in total. The minimum atomic E-state index is -3.76. The zero-order valence-corrected chi connectivity index (χ0v) is 17.9. The predicted octanol–water partition coefficient (Wildman–Crippen LogP) is 2.40. The van der Waals surface area contributed by atoms with Crippen molar-refractivity contribution < 1.29 is 22.4 Å². The fourth-order valence-corrected chi connectivity index (χ4v) is 5.04. The number of para-hydroxylation sites is 1. The van der Waals surface area contributed by atoms with E-state index in [9.17, 15) is 13.2 Å². The molecule has 1 fully saturated rings. The number of benzene rings is 1. The van der Waals surface area contributed by atoms with E-state index >= 15 is 0 Å². The van der Waals surface area contributed by atoms with Crippen LogP contribution in [0.3, 0.4) is 0 Å². The van der Waals surface area contributed by atoms with Crippen molar-refractivity contribution in [2.75, 3.05) is 20.2 Å². The van der Waals surface area contributed by atoms with Crippen molar-refractivity contribution in [2.45, 2.75) is 24.5 Å². The number of rotatable bonds is 7. The number of furan rings is 1. The Bertz CT molecular complexity index is 1130. The molecule has 164 valence electrons. The summed E-state index contributed by atoms with van der Waals surface area (Å²) in [5.74, 6) is 0.805. The van der Waals surface area contributed by atoms with Gasteiger partial charge in [-0.3, -0.25) is 9.89 Å². The number of H-pyrrole nitrogens is 1. The highest BCUT2D eigenvalue weighted by molar-refractivity contribution is 7.89. The number of carbonyl (C=O) groups is 1. The van der Waals surface area contributed by atoms with Crippen LogP contribution in [0.15, 0.2) is 58.2 Å².